The summed E-state index contributed by atoms with van der Waals surface area (Å²) in [6.45, 7) is 4.22. The summed E-state index contributed by atoms with van der Waals surface area (Å²) in [5.74, 6) is 0.185. The Bertz CT molecular complexity index is 1240. The maximum absolute atomic E-state index is 12.5. The molecule has 0 spiro atoms. The zero-order valence-electron chi connectivity index (χ0n) is 16.8. The van der Waals surface area contributed by atoms with E-state index in [0.29, 0.717) is 16.4 Å². The number of carbonyl (C=O) groups excluding carboxylic acids is 1. The van der Waals surface area contributed by atoms with E-state index in [0.717, 1.165) is 23.1 Å². The molecule has 0 bridgehead atoms. The molecule has 1 N–H and O–H groups in total. The van der Waals surface area contributed by atoms with E-state index in [4.69, 9.17) is 0 Å². The maximum atomic E-state index is 12.5. The van der Waals surface area contributed by atoms with Gasteiger partial charge in [-0.15, -0.1) is 11.3 Å². The van der Waals surface area contributed by atoms with Gasteiger partial charge in [0, 0.05) is 16.3 Å². The summed E-state index contributed by atoms with van der Waals surface area (Å²) < 4.78 is 1.17. The second-order valence-electron chi connectivity index (χ2n) is 7.21. The van der Waals surface area contributed by atoms with E-state index in [9.17, 15) is 9.59 Å². The lowest BCUT2D eigenvalue weighted by Crippen LogP contribution is -2.29. The minimum absolute atomic E-state index is 0.164. The molecule has 1 unspecified atom stereocenters. The van der Waals surface area contributed by atoms with Crippen LogP contribution < -0.4 is 10.9 Å². The second-order valence-corrected chi connectivity index (χ2v) is 8.07. The van der Waals surface area contributed by atoms with Gasteiger partial charge in [0.25, 0.3) is 5.56 Å². The molecule has 152 valence electrons. The Morgan fingerprint density at radius 2 is 1.93 bits per heavy atom. The van der Waals surface area contributed by atoms with E-state index in [1.165, 1.54) is 21.6 Å². The Kier molecular flexibility index (Phi) is 5.72. The normalized spacial score (nSPS) is 12.1. The molecule has 2 heterocycles. The highest BCUT2D eigenvalue weighted by atomic mass is 32.1. The largest absolute Gasteiger partial charge is 0.300 e. The highest BCUT2D eigenvalue weighted by Gasteiger charge is 2.12. The van der Waals surface area contributed by atoms with Gasteiger partial charge in [0.15, 0.2) is 5.13 Å². The number of aromatic nitrogens is 3. The third-order valence-corrected chi connectivity index (χ3v) is 5.95. The zero-order chi connectivity index (χ0) is 21.1. The van der Waals surface area contributed by atoms with E-state index < -0.39 is 0 Å². The molecule has 4 aromatic rings. The highest BCUT2D eigenvalue weighted by molar-refractivity contribution is 7.14. The molecular formula is C23H22N4O2S. The SMILES string of the molecule is CCC(C)c1ccc(-c2csc(NC(=O)Cn3ncc4ccccc4c3=O)n2)cc1. The van der Waals surface area contributed by atoms with E-state index in [2.05, 4.69) is 53.5 Å². The Hall–Kier alpha value is -3.32. The van der Waals surface area contributed by atoms with Crippen LogP contribution >= 0.6 is 11.3 Å². The first-order chi connectivity index (χ1) is 14.5. The Labute approximate surface area is 178 Å². The summed E-state index contributed by atoms with van der Waals surface area (Å²) in [5, 5.41) is 10.6. The molecule has 0 aliphatic rings. The van der Waals surface area contributed by atoms with Crippen LogP contribution in [0.3, 0.4) is 0 Å². The van der Waals surface area contributed by atoms with Crippen molar-refractivity contribution in [2.24, 2.45) is 0 Å². The van der Waals surface area contributed by atoms with Gasteiger partial charge in [-0.05, 0) is 24.0 Å². The highest BCUT2D eigenvalue weighted by Crippen LogP contribution is 2.27. The Balaban J connectivity index is 1.45. The number of amides is 1. The van der Waals surface area contributed by atoms with Crippen LogP contribution in [-0.4, -0.2) is 20.7 Å². The maximum Gasteiger partial charge on any atom is 0.275 e. The van der Waals surface area contributed by atoms with Gasteiger partial charge in [-0.3, -0.25) is 9.59 Å². The van der Waals surface area contributed by atoms with Crippen molar-refractivity contribution >= 4 is 33.1 Å². The first kappa shape index (κ1) is 20.0. The molecule has 30 heavy (non-hydrogen) atoms. The van der Waals surface area contributed by atoms with Crippen LogP contribution in [0.15, 0.2) is 64.9 Å². The van der Waals surface area contributed by atoms with Gasteiger partial charge >= 0.3 is 0 Å². The molecule has 2 aromatic heterocycles. The molecule has 0 aliphatic carbocycles. The van der Waals surface area contributed by atoms with E-state index in [1.54, 1.807) is 18.3 Å². The van der Waals surface area contributed by atoms with Crippen molar-refractivity contribution in [2.75, 3.05) is 5.32 Å². The lowest BCUT2D eigenvalue weighted by molar-refractivity contribution is -0.117. The number of hydrogen-bond donors (Lipinski definition) is 1. The van der Waals surface area contributed by atoms with Gasteiger partial charge in [-0.2, -0.15) is 5.10 Å². The molecule has 2 aromatic carbocycles. The fraction of sp³-hybridized carbons (Fsp3) is 0.217. The van der Waals surface area contributed by atoms with Crippen LogP contribution in [0.25, 0.3) is 22.0 Å². The average molecular weight is 419 g/mol. The molecule has 6 nitrogen and oxygen atoms in total. The third-order valence-electron chi connectivity index (χ3n) is 5.19. The van der Waals surface area contributed by atoms with Crippen molar-refractivity contribution in [2.45, 2.75) is 32.7 Å². The van der Waals surface area contributed by atoms with Crippen molar-refractivity contribution < 1.29 is 4.79 Å². The number of thiazole rings is 1. The van der Waals surface area contributed by atoms with Gasteiger partial charge in [-0.1, -0.05) is 56.3 Å². The number of fused-ring (bicyclic) bond motifs is 1. The van der Waals surface area contributed by atoms with E-state index >= 15 is 0 Å². The molecule has 7 heteroatoms. The molecule has 0 saturated heterocycles. The summed E-state index contributed by atoms with van der Waals surface area (Å²) in [6.07, 6.45) is 2.69. The number of anilines is 1. The predicted molar refractivity (Wildman–Crippen MR) is 121 cm³/mol. The number of nitrogens with one attached hydrogen (secondary N) is 1. The summed E-state index contributed by atoms with van der Waals surface area (Å²) in [5.41, 5.74) is 2.83. The average Bonchev–Trinajstić information content (AvgIpc) is 3.23. The van der Waals surface area contributed by atoms with Crippen molar-refractivity contribution in [3.8, 4) is 11.3 Å². The van der Waals surface area contributed by atoms with Crippen molar-refractivity contribution in [1.29, 1.82) is 0 Å². The topological polar surface area (TPSA) is 76.9 Å². The Morgan fingerprint density at radius 3 is 2.70 bits per heavy atom. The molecule has 0 fully saturated rings. The molecular weight excluding hydrogens is 396 g/mol. The first-order valence-electron chi connectivity index (χ1n) is 9.85. The molecule has 1 amide bonds. The van der Waals surface area contributed by atoms with Gasteiger partial charge < -0.3 is 5.32 Å². The number of nitrogens with zero attached hydrogens (tertiary/aromatic N) is 3. The van der Waals surface area contributed by atoms with Crippen molar-refractivity contribution in [3.05, 3.63) is 76.0 Å². The number of benzene rings is 2. The van der Waals surface area contributed by atoms with Gasteiger partial charge in [0.1, 0.15) is 6.54 Å². The van der Waals surface area contributed by atoms with Crippen LogP contribution in [0.4, 0.5) is 5.13 Å². The zero-order valence-corrected chi connectivity index (χ0v) is 17.6. The van der Waals surface area contributed by atoms with Gasteiger partial charge in [0.05, 0.1) is 17.3 Å². The standard InChI is InChI=1S/C23H22N4O2S/c1-3-15(2)16-8-10-17(11-9-16)20-14-30-23(25-20)26-21(28)13-27-22(29)19-7-5-4-6-18(19)12-24-27/h4-12,14-15H,3,13H2,1-2H3,(H,25,26,28). The summed E-state index contributed by atoms with van der Waals surface area (Å²) in [7, 11) is 0. The number of hydrogen-bond acceptors (Lipinski definition) is 5. The van der Waals surface area contributed by atoms with E-state index in [-0.39, 0.29) is 18.0 Å². The van der Waals surface area contributed by atoms with Gasteiger partial charge in [0.2, 0.25) is 5.91 Å². The second kappa shape index (κ2) is 8.59. The smallest absolute Gasteiger partial charge is 0.275 e. The lowest BCUT2D eigenvalue weighted by atomic mass is 9.97. The molecule has 0 saturated carbocycles. The first-order valence-corrected chi connectivity index (χ1v) is 10.7. The number of carbonyl (C=O) groups is 1. The summed E-state index contributed by atoms with van der Waals surface area (Å²) in [6, 6.07) is 15.5. The van der Waals surface area contributed by atoms with Crippen LogP contribution in [0, 0.1) is 0 Å². The monoisotopic (exact) mass is 418 g/mol. The minimum atomic E-state index is -0.340. The molecule has 0 aliphatic heterocycles. The van der Waals surface area contributed by atoms with Crippen LogP contribution in [0.2, 0.25) is 0 Å². The minimum Gasteiger partial charge on any atom is -0.300 e. The third kappa shape index (κ3) is 4.16. The summed E-state index contributed by atoms with van der Waals surface area (Å²) >= 11 is 1.35. The van der Waals surface area contributed by atoms with Crippen LogP contribution in [-0.2, 0) is 11.3 Å². The fourth-order valence-corrected chi connectivity index (χ4v) is 3.95. The quantitative estimate of drug-likeness (QED) is 0.494. The van der Waals surface area contributed by atoms with Crippen LogP contribution in [0.5, 0.6) is 0 Å². The molecule has 0 radical (unpaired) electrons. The Morgan fingerprint density at radius 1 is 1.17 bits per heavy atom. The molecule has 4 rings (SSSR count). The predicted octanol–water partition coefficient (Wildman–Crippen LogP) is 4.67. The molecule has 1 atom stereocenters. The lowest BCUT2D eigenvalue weighted by Gasteiger charge is -2.09. The van der Waals surface area contributed by atoms with Gasteiger partial charge in [-0.25, -0.2) is 9.67 Å². The number of rotatable bonds is 6. The van der Waals surface area contributed by atoms with Crippen LogP contribution in [0.1, 0.15) is 31.7 Å². The fourth-order valence-electron chi connectivity index (χ4n) is 3.22. The van der Waals surface area contributed by atoms with Crippen molar-refractivity contribution in [1.82, 2.24) is 14.8 Å². The summed E-state index contributed by atoms with van der Waals surface area (Å²) in [4.78, 5) is 29.4. The van der Waals surface area contributed by atoms with Crippen molar-refractivity contribution in [3.63, 3.8) is 0 Å². The van der Waals surface area contributed by atoms with E-state index in [1.807, 2.05) is 17.5 Å².